The number of carbonyl (C=O) groups excluding carboxylic acids is 3. The minimum atomic E-state index is -0.931. The first-order chi connectivity index (χ1) is 8.60. The Morgan fingerprint density at radius 3 is 2.00 bits per heavy atom. The maximum atomic E-state index is 11.4. The summed E-state index contributed by atoms with van der Waals surface area (Å²) in [4.78, 5) is 33.7. The van der Waals surface area contributed by atoms with Crippen LogP contribution in [-0.4, -0.2) is 35.7 Å². The maximum absolute atomic E-state index is 11.4. The molecule has 0 bridgehead atoms. The van der Waals surface area contributed by atoms with E-state index in [-0.39, 0.29) is 24.3 Å². The molecule has 3 rings (SSSR count). The quantitative estimate of drug-likeness (QED) is 0.526. The van der Waals surface area contributed by atoms with E-state index in [0.29, 0.717) is 32.1 Å². The fourth-order valence-corrected chi connectivity index (χ4v) is 2.92. The highest BCUT2D eigenvalue weighted by Gasteiger charge is 2.62. The zero-order valence-corrected chi connectivity index (χ0v) is 9.85. The predicted octanol–water partition coefficient (Wildman–Crippen LogP) is 0.473. The van der Waals surface area contributed by atoms with Gasteiger partial charge in [0.25, 0.3) is 0 Å². The van der Waals surface area contributed by atoms with Crippen molar-refractivity contribution in [3.8, 4) is 0 Å². The van der Waals surface area contributed by atoms with E-state index >= 15 is 0 Å². The number of cyclic esters (lactones) is 3. The summed E-state index contributed by atoms with van der Waals surface area (Å²) in [7, 11) is 0. The summed E-state index contributed by atoms with van der Waals surface area (Å²) < 4.78 is 15.7. The van der Waals surface area contributed by atoms with Crippen molar-refractivity contribution in [2.75, 3.05) is 0 Å². The van der Waals surface area contributed by atoms with Crippen LogP contribution in [0.25, 0.3) is 0 Å². The molecule has 6 heteroatoms. The van der Waals surface area contributed by atoms with Crippen LogP contribution in [0.3, 0.4) is 0 Å². The Kier molecular flexibility index (Phi) is 2.53. The molecule has 3 unspecified atom stereocenters. The van der Waals surface area contributed by atoms with Crippen LogP contribution in [0.4, 0.5) is 0 Å². The lowest BCUT2D eigenvalue weighted by molar-refractivity contribution is -0.248. The molecule has 0 aliphatic carbocycles. The molecule has 3 aliphatic heterocycles. The summed E-state index contributed by atoms with van der Waals surface area (Å²) in [6.45, 7) is 0. The van der Waals surface area contributed by atoms with Crippen molar-refractivity contribution in [1.29, 1.82) is 0 Å². The molecule has 98 valence electrons. The summed E-state index contributed by atoms with van der Waals surface area (Å²) >= 11 is 0. The van der Waals surface area contributed by atoms with E-state index in [4.69, 9.17) is 14.2 Å². The van der Waals surface area contributed by atoms with Crippen LogP contribution in [0, 0.1) is 0 Å². The first kappa shape index (κ1) is 11.5. The molecule has 0 aromatic heterocycles. The third-order valence-electron chi connectivity index (χ3n) is 3.82. The number of hydrogen-bond acceptors (Lipinski definition) is 6. The zero-order valence-electron chi connectivity index (χ0n) is 9.85. The predicted molar refractivity (Wildman–Crippen MR) is 56.3 cm³/mol. The van der Waals surface area contributed by atoms with Gasteiger partial charge in [0.05, 0.1) is 6.42 Å². The largest absolute Gasteiger partial charge is 0.458 e. The molecule has 3 saturated heterocycles. The lowest BCUT2D eigenvalue weighted by Crippen LogP contribution is -2.64. The fraction of sp³-hybridized carbons (Fsp3) is 0.750. The normalized spacial score (nSPS) is 39.7. The third-order valence-corrected chi connectivity index (χ3v) is 3.82. The second-order valence-corrected chi connectivity index (χ2v) is 4.99. The topological polar surface area (TPSA) is 78.9 Å². The smallest absolute Gasteiger partial charge is 0.311 e. The molecule has 0 amide bonds. The highest BCUT2D eigenvalue weighted by atomic mass is 16.6. The number of esters is 3. The highest BCUT2D eigenvalue weighted by molar-refractivity contribution is 5.79. The maximum Gasteiger partial charge on any atom is 0.311 e. The number of rotatable bonds is 2. The third kappa shape index (κ3) is 1.67. The summed E-state index contributed by atoms with van der Waals surface area (Å²) in [5.74, 6) is -0.901. The van der Waals surface area contributed by atoms with Gasteiger partial charge in [0.1, 0.15) is 12.2 Å². The van der Waals surface area contributed by atoms with E-state index in [1.807, 2.05) is 0 Å². The molecule has 3 fully saturated rings. The molecule has 3 heterocycles. The first-order valence-corrected chi connectivity index (χ1v) is 6.21. The minimum absolute atomic E-state index is 0.156. The van der Waals surface area contributed by atoms with Gasteiger partial charge in [-0.25, -0.2) is 0 Å². The van der Waals surface area contributed by atoms with Crippen molar-refractivity contribution in [3.63, 3.8) is 0 Å². The Morgan fingerprint density at radius 2 is 1.50 bits per heavy atom. The summed E-state index contributed by atoms with van der Waals surface area (Å²) in [6, 6.07) is 0. The Balaban J connectivity index is 1.80. The lowest BCUT2D eigenvalue weighted by Gasteiger charge is -2.48. The molecule has 0 aromatic carbocycles. The van der Waals surface area contributed by atoms with E-state index in [2.05, 4.69) is 0 Å². The molecule has 18 heavy (non-hydrogen) atoms. The van der Waals surface area contributed by atoms with E-state index in [9.17, 15) is 14.4 Å². The van der Waals surface area contributed by atoms with Gasteiger partial charge in [0.2, 0.25) is 0 Å². The van der Waals surface area contributed by atoms with Gasteiger partial charge in [-0.05, 0) is 19.3 Å². The zero-order chi connectivity index (χ0) is 12.8. The van der Waals surface area contributed by atoms with Crippen molar-refractivity contribution in [2.45, 2.75) is 56.3 Å². The Labute approximate surface area is 104 Å². The van der Waals surface area contributed by atoms with Crippen molar-refractivity contribution in [3.05, 3.63) is 0 Å². The van der Waals surface area contributed by atoms with Crippen molar-refractivity contribution >= 4 is 17.9 Å². The number of hydrogen-bond donors (Lipinski definition) is 0. The first-order valence-electron chi connectivity index (χ1n) is 6.21. The van der Waals surface area contributed by atoms with Gasteiger partial charge in [0, 0.05) is 12.8 Å². The van der Waals surface area contributed by atoms with Crippen molar-refractivity contribution < 1.29 is 28.6 Å². The van der Waals surface area contributed by atoms with Gasteiger partial charge in [-0.1, -0.05) is 0 Å². The van der Waals surface area contributed by atoms with Gasteiger partial charge in [-0.2, -0.15) is 0 Å². The van der Waals surface area contributed by atoms with Crippen LogP contribution in [0.2, 0.25) is 0 Å². The monoisotopic (exact) mass is 254 g/mol. The molecule has 0 saturated carbocycles. The number of carbonyl (C=O) groups is 3. The molecule has 6 nitrogen and oxygen atoms in total. The van der Waals surface area contributed by atoms with Gasteiger partial charge in [0.15, 0.2) is 5.60 Å². The standard InChI is InChI=1S/C12H14O6/c13-9-3-1-2-7(16-9)12(6-11(15)18-12)8-4-5-10(14)17-8/h7-8H,1-6H2. The lowest BCUT2D eigenvalue weighted by atomic mass is 9.78. The van der Waals surface area contributed by atoms with Crippen LogP contribution < -0.4 is 0 Å². The van der Waals surface area contributed by atoms with Crippen LogP contribution in [0.5, 0.6) is 0 Å². The van der Waals surface area contributed by atoms with Gasteiger partial charge in [-0.3, -0.25) is 14.4 Å². The van der Waals surface area contributed by atoms with Crippen molar-refractivity contribution in [2.24, 2.45) is 0 Å². The van der Waals surface area contributed by atoms with Gasteiger partial charge in [-0.15, -0.1) is 0 Å². The van der Waals surface area contributed by atoms with E-state index in [1.54, 1.807) is 0 Å². The molecular weight excluding hydrogens is 240 g/mol. The van der Waals surface area contributed by atoms with E-state index in [0.717, 1.165) is 0 Å². The Hall–Kier alpha value is -1.59. The summed E-state index contributed by atoms with van der Waals surface area (Å²) in [5.41, 5.74) is -0.931. The Bertz CT molecular complexity index is 407. The minimum Gasteiger partial charge on any atom is -0.458 e. The second-order valence-electron chi connectivity index (χ2n) is 4.99. The van der Waals surface area contributed by atoms with Crippen LogP contribution >= 0.6 is 0 Å². The molecule has 3 aliphatic rings. The highest BCUT2D eigenvalue weighted by Crippen LogP contribution is 2.44. The SMILES string of the molecule is O=C1CCCC(C2(C3CCC(=O)O3)CC(=O)O2)O1. The molecule has 0 spiro atoms. The Morgan fingerprint density at radius 1 is 0.889 bits per heavy atom. The molecule has 3 atom stereocenters. The van der Waals surface area contributed by atoms with Crippen molar-refractivity contribution in [1.82, 2.24) is 0 Å². The summed E-state index contributed by atoms with van der Waals surface area (Å²) in [6.07, 6.45) is 1.79. The average molecular weight is 254 g/mol. The average Bonchev–Trinajstić information content (AvgIpc) is 2.71. The molecule has 0 N–H and O–H groups in total. The molecule has 0 radical (unpaired) electrons. The van der Waals surface area contributed by atoms with Crippen LogP contribution in [0.15, 0.2) is 0 Å². The van der Waals surface area contributed by atoms with Gasteiger partial charge >= 0.3 is 17.9 Å². The second kappa shape index (κ2) is 3.96. The van der Waals surface area contributed by atoms with Crippen LogP contribution in [0.1, 0.15) is 38.5 Å². The number of ether oxygens (including phenoxy) is 3. The van der Waals surface area contributed by atoms with E-state index < -0.39 is 17.8 Å². The summed E-state index contributed by atoms with van der Waals surface area (Å²) in [5, 5.41) is 0. The fourth-order valence-electron chi connectivity index (χ4n) is 2.92. The van der Waals surface area contributed by atoms with Gasteiger partial charge < -0.3 is 14.2 Å². The molecule has 0 aromatic rings. The van der Waals surface area contributed by atoms with E-state index in [1.165, 1.54) is 0 Å². The molecular formula is C12H14O6. The van der Waals surface area contributed by atoms with Crippen LogP contribution in [-0.2, 0) is 28.6 Å².